The molecular weight excluding hydrogens is 404 g/mol. The third kappa shape index (κ3) is 5.29. The normalized spacial score (nSPS) is 11.0. The minimum absolute atomic E-state index is 0.163. The number of hydrogen-bond acceptors (Lipinski definition) is 4. The smallest absolute Gasteiger partial charge is 0.323 e. The van der Waals surface area contributed by atoms with Gasteiger partial charge >= 0.3 is 6.03 Å². The first kappa shape index (κ1) is 21.0. The number of anilines is 1. The van der Waals surface area contributed by atoms with Gasteiger partial charge in [0, 0.05) is 25.6 Å². The summed E-state index contributed by atoms with van der Waals surface area (Å²) in [7, 11) is 0. The molecule has 0 fully saturated rings. The number of fused-ring (bicyclic) bond motifs is 1. The molecule has 5 nitrogen and oxygen atoms in total. The van der Waals surface area contributed by atoms with Crippen LogP contribution in [-0.2, 0) is 0 Å². The number of amides is 2. The van der Waals surface area contributed by atoms with E-state index in [9.17, 15) is 4.79 Å². The highest BCUT2D eigenvalue weighted by Gasteiger charge is 2.19. The number of thiazole rings is 1. The SMILES string of the molecule is NCCN(CCC(c1ccccc1)c1ccccc1)C(=O)Nc1nc2ccccc2s1. The highest BCUT2D eigenvalue weighted by atomic mass is 32.1. The molecular formula is C25H26N4OS. The summed E-state index contributed by atoms with van der Waals surface area (Å²) in [5, 5.41) is 3.57. The Kier molecular flexibility index (Phi) is 6.92. The summed E-state index contributed by atoms with van der Waals surface area (Å²) in [5.74, 6) is 0.206. The Labute approximate surface area is 186 Å². The van der Waals surface area contributed by atoms with Crippen LogP contribution in [0.4, 0.5) is 9.93 Å². The van der Waals surface area contributed by atoms with Gasteiger partial charge in [0.05, 0.1) is 10.2 Å². The number of urea groups is 1. The number of rotatable bonds is 8. The van der Waals surface area contributed by atoms with Crippen molar-refractivity contribution in [3.05, 3.63) is 96.1 Å². The first-order chi connectivity index (χ1) is 15.2. The van der Waals surface area contributed by atoms with E-state index < -0.39 is 0 Å². The molecule has 0 unspecified atom stereocenters. The Morgan fingerprint density at radius 3 is 2.13 bits per heavy atom. The first-order valence-electron chi connectivity index (χ1n) is 10.5. The van der Waals surface area contributed by atoms with Gasteiger partial charge in [0.2, 0.25) is 0 Å². The maximum atomic E-state index is 13.0. The van der Waals surface area contributed by atoms with Gasteiger partial charge in [0.1, 0.15) is 0 Å². The molecule has 6 heteroatoms. The highest BCUT2D eigenvalue weighted by molar-refractivity contribution is 7.22. The lowest BCUT2D eigenvalue weighted by atomic mass is 9.88. The van der Waals surface area contributed by atoms with Crippen molar-refractivity contribution < 1.29 is 4.79 Å². The van der Waals surface area contributed by atoms with Gasteiger partial charge in [-0.15, -0.1) is 0 Å². The Hall–Kier alpha value is -3.22. The topological polar surface area (TPSA) is 71.2 Å². The van der Waals surface area contributed by atoms with Gasteiger partial charge < -0.3 is 10.6 Å². The van der Waals surface area contributed by atoms with Crippen LogP contribution in [0.15, 0.2) is 84.9 Å². The fourth-order valence-corrected chi connectivity index (χ4v) is 4.60. The van der Waals surface area contributed by atoms with E-state index in [-0.39, 0.29) is 11.9 Å². The zero-order valence-corrected chi connectivity index (χ0v) is 18.1. The lowest BCUT2D eigenvalue weighted by Crippen LogP contribution is -2.39. The summed E-state index contributed by atoms with van der Waals surface area (Å²) in [5.41, 5.74) is 9.19. The number of aromatic nitrogens is 1. The Morgan fingerprint density at radius 2 is 1.52 bits per heavy atom. The summed E-state index contributed by atoms with van der Waals surface area (Å²) >= 11 is 1.48. The van der Waals surface area contributed by atoms with E-state index in [1.807, 2.05) is 36.4 Å². The van der Waals surface area contributed by atoms with Crippen LogP contribution in [0.3, 0.4) is 0 Å². The summed E-state index contributed by atoms with van der Waals surface area (Å²) in [6.07, 6.45) is 0.807. The van der Waals surface area contributed by atoms with Crippen molar-refractivity contribution in [2.24, 2.45) is 5.73 Å². The highest BCUT2D eigenvalue weighted by Crippen LogP contribution is 2.29. The number of carbonyl (C=O) groups excluding carboxylic acids is 1. The van der Waals surface area contributed by atoms with Gasteiger partial charge in [-0.25, -0.2) is 9.78 Å². The molecule has 4 aromatic rings. The number of nitrogens with one attached hydrogen (secondary N) is 1. The average molecular weight is 431 g/mol. The van der Waals surface area contributed by atoms with Crippen molar-refractivity contribution in [3.63, 3.8) is 0 Å². The van der Waals surface area contributed by atoms with Crippen LogP contribution in [0.5, 0.6) is 0 Å². The largest absolute Gasteiger partial charge is 0.329 e. The van der Waals surface area contributed by atoms with E-state index in [2.05, 4.69) is 58.8 Å². The summed E-state index contributed by atoms with van der Waals surface area (Å²) in [6.45, 7) is 1.50. The molecule has 1 heterocycles. The number of para-hydroxylation sites is 1. The third-order valence-electron chi connectivity index (χ3n) is 5.29. The minimum atomic E-state index is -0.163. The van der Waals surface area contributed by atoms with Crippen molar-refractivity contribution in [2.75, 3.05) is 25.0 Å². The van der Waals surface area contributed by atoms with Crippen molar-refractivity contribution >= 4 is 32.7 Å². The third-order valence-corrected chi connectivity index (χ3v) is 6.24. The second-order valence-corrected chi connectivity index (χ2v) is 8.39. The van der Waals surface area contributed by atoms with Crippen molar-refractivity contribution in [2.45, 2.75) is 12.3 Å². The van der Waals surface area contributed by atoms with E-state index in [1.165, 1.54) is 22.5 Å². The quantitative estimate of drug-likeness (QED) is 0.398. The van der Waals surface area contributed by atoms with Gasteiger partial charge in [0.15, 0.2) is 5.13 Å². The summed E-state index contributed by atoms with van der Waals surface area (Å²) < 4.78 is 1.05. The van der Waals surface area contributed by atoms with E-state index in [1.54, 1.807) is 4.90 Å². The molecule has 0 aliphatic rings. The molecule has 0 spiro atoms. The summed E-state index contributed by atoms with van der Waals surface area (Å²) in [6, 6.07) is 28.6. The van der Waals surface area contributed by atoms with Crippen molar-refractivity contribution in [3.8, 4) is 0 Å². The number of carbonyl (C=O) groups is 1. The van der Waals surface area contributed by atoms with Crippen LogP contribution in [-0.4, -0.2) is 35.5 Å². The Balaban J connectivity index is 1.48. The van der Waals surface area contributed by atoms with E-state index in [0.29, 0.717) is 24.8 Å². The van der Waals surface area contributed by atoms with Crippen LogP contribution in [0.1, 0.15) is 23.5 Å². The van der Waals surface area contributed by atoms with Crippen molar-refractivity contribution in [1.82, 2.24) is 9.88 Å². The first-order valence-corrected chi connectivity index (χ1v) is 11.3. The van der Waals surface area contributed by atoms with Crippen molar-refractivity contribution in [1.29, 1.82) is 0 Å². The maximum absolute atomic E-state index is 13.0. The molecule has 0 saturated heterocycles. The summed E-state index contributed by atoms with van der Waals surface area (Å²) in [4.78, 5) is 19.3. The molecule has 3 aromatic carbocycles. The van der Waals surface area contributed by atoms with Crippen LogP contribution in [0.25, 0.3) is 10.2 Å². The van der Waals surface area contributed by atoms with Gasteiger partial charge in [0.25, 0.3) is 0 Å². The predicted octanol–water partition coefficient (Wildman–Crippen LogP) is 5.31. The monoisotopic (exact) mass is 430 g/mol. The predicted molar refractivity (Wildman–Crippen MR) is 129 cm³/mol. The Bertz CT molecular complexity index is 1040. The second kappa shape index (κ2) is 10.2. The lowest BCUT2D eigenvalue weighted by Gasteiger charge is -2.25. The fourth-order valence-electron chi connectivity index (χ4n) is 3.75. The zero-order valence-electron chi connectivity index (χ0n) is 17.3. The molecule has 3 N–H and O–H groups in total. The molecule has 0 radical (unpaired) electrons. The number of benzene rings is 3. The number of hydrogen-bond donors (Lipinski definition) is 2. The van der Waals surface area contributed by atoms with Crippen LogP contribution in [0.2, 0.25) is 0 Å². The molecule has 31 heavy (non-hydrogen) atoms. The van der Waals surface area contributed by atoms with Gasteiger partial charge in [-0.1, -0.05) is 84.1 Å². The second-order valence-electron chi connectivity index (χ2n) is 7.36. The van der Waals surface area contributed by atoms with Crippen LogP contribution < -0.4 is 11.1 Å². The standard InChI is InChI=1S/C25H26N4OS/c26-16-18-29(25(30)28-24-27-22-13-7-8-14-23(22)31-24)17-15-21(19-9-3-1-4-10-19)20-11-5-2-6-12-20/h1-14,21H,15-18,26H2,(H,27,28,30). The van der Waals surface area contributed by atoms with Gasteiger partial charge in [-0.05, 0) is 29.7 Å². The van der Waals surface area contributed by atoms with Gasteiger partial charge in [-0.3, -0.25) is 5.32 Å². The minimum Gasteiger partial charge on any atom is -0.329 e. The van der Waals surface area contributed by atoms with Crippen LogP contribution in [0, 0.1) is 0 Å². The number of nitrogens with two attached hydrogens (primary N) is 1. The molecule has 158 valence electrons. The van der Waals surface area contributed by atoms with E-state index in [4.69, 9.17) is 5.73 Å². The van der Waals surface area contributed by atoms with E-state index in [0.717, 1.165) is 16.6 Å². The average Bonchev–Trinajstić information content (AvgIpc) is 3.22. The van der Waals surface area contributed by atoms with Gasteiger partial charge in [-0.2, -0.15) is 0 Å². The van der Waals surface area contributed by atoms with E-state index >= 15 is 0 Å². The maximum Gasteiger partial charge on any atom is 0.323 e. The fraction of sp³-hybridized carbons (Fsp3) is 0.200. The molecule has 4 rings (SSSR count). The Morgan fingerprint density at radius 1 is 0.903 bits per heavy atom. The molecule has 0 bridgehead atoms. The zero-order chi connectivity index (χ0) is 21.5. The number of nitrogens with zero attached hydrogens (tertiary/aromatic N) is 2. The molecule has 1 aromatic heterocycles. The molecule has 2 amide bonds. The molecule has 0 atom stereocenters. The molecule has 0 aliphatic carbocycles. The molecule has 0 saturated carbocycles. The lowest BCUT2D eigenvalue weighted by molar-refractivity contribution is 0.211. The van der Waals surface area contributed by atoms with Crippen LogP contribution >= 0.6 is 11.3 Å². The molecule has 0 aliphatic heterocycles.